The number of rotatable bonds is 2. The monoisotopic (exact) mass is 237 g/mol. The van der Waals surface area contributed by atoms with Crippen LogP contribution in [0.1, 0.15) is 40.5 Å². The number of aliphatic hydroxyl groups is 1. The number of nitrogens with one attached hydrogen (secondary N) is 1. The lowest BCUT2D eigenvalue weighted by molar-refractivity contribution is -0.117. The number of aliphatic hydroxyl groups excluding tert-OH is 1. The van der Waals surface area contributed by atoms with Crippen LogP contribution < -0.4 is 5.32 Å². The van der Waals surface area contributed by atoms with Crippen LogP contribution in [0.2, 0.25) is 0 Å². The summed E-state index contributed by atoms with van der Waals surface area (Å²) in [6.07, 6.45) is 1.88. The fourth-order valence-electron chi connectivity index (χ4n) is 2.73. The maximum atomic E-state index is 11.5. The number of hydrogen-bond acceptors (Lipinski definition) is 2. The van der Waals surface area contributed by atoms with Gasteiger partial charge in [0, 0.05) is 12.6 Å². The smallest absolute Gasteiger partial charge is 0.296 e. The van der Waals surface area contributed by atoms with Crippen LogP contribution in [0.25, 0.3) is 0 Å². The summed E-state index contributed by atoms with van der Waals surface area (Å²) in [4.78, 5) is 11.5. The lowest BCUT2D eigenvalue weighted by atomic mass is 9.61. The SMILES string of the molecule is CC#CC(=O)NC1CCC(CO)C(C)(C)C1C. The van der Waals surface area contributed by atoms with E-state index in [4.69, 9.17) is 0 Å². The van der Waals surface area contributed by atoms with E-state index in [0.717, 1.165) is 12.8 Å². The molecule has 0 bridgehead atoms. The van der Waals surface area contributed by atoms with Gasteiger partial charge in [0.25, 0.3) is 5.91 Å². The summed E-state index contributed by atoms with van der Waals surface area (Å²) in [6, 6.07) is 0.168. The molecule has 0 heterocycles. The van der Waals surface area contributed by atoms with Crippen molar-refractivity contribution in [2.45, 2.75) is 46.6 Å². The molecule has 1 fully saturated rings. The minimum Gasteiger partial charge on any atom is -0.396 e. The van der Waals surface area contributed by atoms with Gasteiger partial charge in [0.15, 0.2) is 0 Å². The van der Waals surface area contributed by atoms with Crippen LogP contribution >= 0.6 is 0 Å². The van der Waals surface area contributed by atoms with E-state index in [0.29, 0.717) is 11.8 Å². The molecule has 0 aliphatic heterocycles. The average molecular weight is 237 g/mol. The molecular formula is C14H23NO2. The van der Waals surface area contributed by atoms with Crippen molar-refractivity contribution in [3.05, 3.63) is 0 Å². The highest BCUT2D eigenvalue weighted by Crippen LogP contribution is 2.44. The Bertz CT molecular complexity index is 338. The third-order valence-corrected chi connectivity index (χ3v) is 4.43. The Labute approximate surface area is 104 Å². The van der Waals surface area contributed by atoms with Crippen LogP contribution in [0, 0.1) is 29.1 Å². The van der Waals surface area contributed by atoms with Gasteiger partial charge >= 0.3 is 0 Å². The third kappa shape index (κ3) is 3.01. The molecule has 96 valence electrons. The molecule has 0 aromatic rings. The van der Waals surface area contributed by atoms with Crippen molar-refractivity contribution in [3.8, 4) is 11.8 Å². The minimum absolute atomic E-state index is 0.0462. The van der Waals surface area contributed by atoms with Crippen LogP contribution in [-0.4, -0.2) is 23.7 Å². The summed E-state index contributed by atoms with van der Waals surface area (Å²) in [5, 5.41) is 12.4. The number of carbonyl (C=O) groups excluding carboxylic acids is 1. The second kappa shape index (κ2) is 5.55. The molecule has 1 rings (SSSR count). The second-order valence-electron chi connectivity index (χ2n) is 5.52. The fraction of sp³-hybridized carbons (Fsp3) is 0.786. The quantitative estimate of drug-likeness (QED) is 0.716. The first-order chi connectivity index (χ1) is 7.93. The van der Waals surface area contributed by atoms with Gasteiger partial charge in [0.1, 0.15) is 0 Å². The fourth-order valence-corrected chi connectivity index (χ4v) is 2.73. The highest BCUT2D eigenvalue weighted by molar-refractivity contribution is 5.93. The van der Waals surface area contributed by atoms with Crippen molar-refractivity contribution < 1.29 is 9.90 Å². The van der Waals surface area contributed by atoms with Crippen LogP contribution in [0.15, 0.2) is 0 Å². The summed E-state index contributed by atoms with van der Waals surface area (Å²) in [5.41, 5.74) is 0.0462. The molecule has 1 amide bonds. The lowest BCUT2D eigenvalue weighted by Crippen LogP contribution is -2.51. The van der Waals surface area contributed by atoms with E-state index in [1.54, 1.807) is 6.92 Å². The van der Waals surface area contributed by atoms with Gasteiger partial charge in [0.2, 0.25) is 0 Å². The van der Waals surface area contributed by atoms with Crippen molar-refractivity contribution in [1.82, 2.24) is 5.32 Å². The molecule has 3 unspecified atom stereocenters. The molecule has 0 aromatic carbocycles. The van der Waals surface area contributed by atoms with Crippen molar-refractivity contribution in [2.24, 2.45) is 17.3 Å². The Hall–Kier alpha value is -1.01. The normalized spacial score (nSPS) is 31.2. The molecule has 0 radical (unpaired) electrons. The Morgan fingerprint density at radius 2 is 2.12 bits per heavy atom. The maximum Gasteiger partial charge on any atom is 0.296 e. The van der Waals surface area contributed by atoms with Gasteiger partial charge in [-0.3, -0.25) is 4.79 Å². The topological polar surface area (TPSA) is 49.3 Å². The van der Waals surface area contributed by atoms with Gasteiger partial charge < -0.3 is 10.4 Å². The van der Waals surface area contributed by atoms with Gasteiger partial charge in [-0.05, 0) is 42.9 Å². The lowest BCUT2D eigenvalue weighted by Gasteiger charge is -2.47. The van der Waals surface area contributed by atoms with E-state index < -0.39 is 0 Å². The zero-order valence-corrected chi connectivity index (χ0v) is 11.2. The Kier molecular flexibility index (Phi) is 4.59. The molecule has 3 atom stereocenters. The van der Waals surface area contributed by atoms with E-state index in [1.807, 2.05) is 0 Å². The van der Waals surface area contributed by atoms with E-state index in [9.17, 15) is 9.90 Å². The van der Waals surface area contributed by atoms with Crippen LogP contribution in [0.5, 0.6) is 0 Å². The molecule has 2 N–H and O–H groups in total. The summed E-state index contributed by atoms with van der Waals surface area (Å²) in [5.74, 6) is 5.60. The predicted molar refractivity (Wildman–Crippen MR) is 68.1 cm³/mol. The number of hydrogen-bond donors (Lipinski definition) is 2. The largest absolute Gasteiger partial charge is 0.396 e. The van der Waals surface area contributed by atoms with Crippen LogP contribution in [-0.2, 0) is 4.79 Å². The van der Waals surface area contributed by atoms with Crippen LogP contribution in [0.3, 0.4) is 0 Å². The summed E-state index contributed by atoms with van der Waals surface area (Å²) in [6.45, 7) is 8.37. The molecule has 0 aromatic heterocycles. The highest BCUT2D eigenvalue weighted by atomic mass is 16.3. The molecule has 3 nitrogen and oxygen atoms in total. The first-order valence-corrected chi connectivity index (χ1v) is 6.27. The van der Waals surface area contributed by atoms with Gasteiger partial charge in [-0.1, -0.05) is 26.7 Å². The molecule has 0 spiro atoms. The molecule has 1 saturated carbocycles. The summed E-state index contributed by atoms with van der Waals surface area (Å²) < 4.78 is 0. The summed E-state index contributed by atoms with van der Waals surface area (Å²) >= 11 is 0. The summed E-state index contributed by atoms with van der Waals surface area (Å²) in [7, 11) is 0. The molecule has 3 heteroatoms. The van der Waals surface area contributed by atoms with Crippen LogP contribution in [0.4, 0.5) is 0 Å². The maximum absolute atomic E-state index is 11.5. The first-order valence-electron chi connectivity index (χ1n) is 6.27. The van der Waals surface area contributed by atoms with Gasteiger partial charge in [-0.2, -0.15) is 0 Å². The molecule has 17 heavy (non-hydrogen) atoms. The highest BCUT2D eigenvalue weighted by Gasteiger charge is 2.42. The van der Waals surface area contributed by atoms with Gasteiger partial charge in [-0.15, -0.1) is 0 Å². The first kappa shape index (κ1) is 14.1. The van der Waals surface area contributed by atoms with Gasteiger partial charge in [-0.25, -0.2) is 0 Å². The minimum atomic E-state index is -0.192. The van der Waals surface area contributed by atoms with Crippen molar-refractivity contribution in [3.63, 3.8) is 0 Å². The molecule has 1 aliphatic rings. The van der Waals surface area contributed by atoms with Crippen molar-refractivity contribution in [1.29, 1.82) is 0 Å². The second-order valence-corrected chi connectivity index (χ2v) is 5.52. The third-order valence-electron chi connectivity index (χ3n) is 4.43. The molecule has 0 saturated heterocycles. The predicted octanol–water partition coefficient (Wildman–Crippen LogP) is 1.56. The van der Waals surface area contributed by atoms with E-state index >= 15 is 0 Å². The van der Waals surface area contributed by atoms with E-state index in [-0.39, 0.29) is 24.0 Å². The van der Waals surface area contributed by atoms with Gasteiger partial charge in [0.05, 0.1) is 0 Å². The Morgan fingerprint density at radius 1 is 1.47 bits per heavy atom. The Morgan fingerprint density at radius 3 is 2.65 bits per heavy atom. The van der Waals surface area contributed by atoms with Crippen molar-refractivity contribution >= 4 is 5.91 Å². The standard InChI is InChI=1S/C14H23NO2/c1-5-6-13(17)15-12-8-7-11(9-16)14(3,4)10(12)2/h10-12,16H,7-9H2,1-4H3,(H,15,17). The number of carbonyl (C=O) groups is 1. The van der Waals surface area contributed by atoms with E-state index in [1.165, 1.54) is 0 Å². The number of amides is 1. The average Bonchev–Trinajstić information content (AvgIpc) is 2.25. The van der Waals surface area contributed by atoms with Crippen molar-refractivity contribution in [2.75, 3.05) is 6.61 Å². The zero-order valence-electron chi connectivity index (χ0n) is 11.2. The van der Waals surface area contributed by atoms with E-state index in [2.05, 4.69) is 37.9 Å². The molecule has 1 aliphatic carbocycles. The zero-order chi connectivity index (χ0) is 13.1. The molecular weight excluding hydrogens is 214 g/mol. The Balaban J connectivity index is 2.71.